The van der Waals surface area contributed by atoms with Crippen molar-refractivity contribution in [3.63, 3.8) is 0 Å². The largest absolute Gasteiger partial charge is 0.495 e. The van der Waals surface area contributed by atoms with E-state index in [1.807, 2.05) is 0 Å². The fourth-order valence-corrected chi connectivity index (χ4v) is 2.50. The normalized spacial score (nSPS) is 10.4. The highest BCUT2D eigenvalue weighted by Crippen LogP contribution is 2.35. The summed E-state index contributed by atoms with van der Waals surface area (Å²) in [4.78, 5) is 12.0. The van der Waals surface area contributed by atoms with Crippen LogP contribution in [0.3, 0.4) is 0 Å². The first-order valence-corrected chi connectivity index (χ1v) is 7.60. The highest BCUT2D eigenvalue weighted by molar-refractivity contribution is 9.09. The van der Waals surface area contributed by atoms with Gasteiger partial charge in [0.05, 0.1) is 12.1 Å². The fraction of sp³-hybridized carbons (Fsp3) is 0.462. The van der Waals surface area contributed by atoms with E-state index in [-0.39, 0.29) is 10.8 Å². The first-order chi connectivity index (χ1) is 8.61. The van der Waals surface area contributed by atoms with E-state index < -0.39 is 0 Å². The molecule has 0 saturated heterocycles. The maximum Gasteiger partial charge on any atom is 0.164 e. The summed E-state index contributed by atoms with van der Waals surface area (Å²) < 4.78 is 5.04. The number of ether oxygens (including phenoxy) is 1. The molecule has 100 valence electrons. The monoisotopic (exact) mass is 352 g/mol. The van der Waals surface area contributed by atoms with E-state index in [9.17, 15) is 4.79 Å². The summed E-state index contributed by atoms with van der Waals surface area (Å²) in [5, 5.41) is 1.54. The third kappa shape index (κ3) is 4.15. The zero-order chi connectivity index (χ0) is 13.5. The average Bonchev–Trinajstić information content (AvgIpc) is 2.37. The summed E-state index contributed by atoms with van der Waals surface area (Å²) in [6.07, 6.45) is 3.46. The molecule has 0 aliphatic carbocycles. The molecular weight excluding hydrogens is 339 g/mol. The van der Waals surface area contributed by atoms with Crippen molar-refractivity contribution in [3.05, 3.63) is 27.7 Å². The number of Topliss-reactive ketones (excluding diaryl/α,β-unsaturated/α-hetero) is 1. The van der Waals surface area contributed by atoms with Crippen molar-refractivity contribution in [2.24, 2.45) is 0 Å². The second-order valence-electron chi connectivity index (χ2n) is 3.87. The summed E-state index contributed by atoms with van der Waals surface area (Å²) in [6, 6.07) is 3.33. The van der Waals surface area contributed by atoms with Crippen LogP contribution in [0.4, 0.5) is 0 Å². The molecule has 0 fully saturated rings. The molecule has 0 aliphatic heterocycles. The minimum absolute atomic E-state index is 0.0270. The molecule has 1 aromatic carbocycles. The van der Waals surface area contributed by atoms with Crippen LogP contribution in [0.2, 0.25) is 10.0 Å². The molecule has 0 spiro atoms. The Labute approximate surface area is 126 Å². The van der Waals surface area contributed by atoms with E-state index in [1.54, 1.807) is 12.1 Å². The van der Waals surface area contributed by atoms with Gasteiger partial charge in [0.1, 0.15) is 10.8 Å². The first kappa shape index (κ1) is 15.8. The van der Waals surface area contributed by atoms with Crippen molar-refractivity contribution >= 4 is 44.9 Å². The highest BCUT2D eigenvalue weighted by atomic mass is 79.9. The number of alkyl halides is 1. The van der Waals surface area contributed by atoms with Gasteiger partial charge in [-0.05, 0) is 25.0 Å². The number of carbonyl (C=O) groups is 1. The number of hydrogen-bond acceptors (Lipinski definition) is 2. The lowest BCUT2D eigenvalue weighted by Gasteiger charge is -2.08. The van der Waals surface area contributed by atoms with Crippen molar-refractivity contribution in [2.45, 2.75) is 25.7 Å². The highest BCUT2D eigenvalue weighted by Gasteiger charge is 2.15. The lowest BCUT2D eigenvalue weighted by molar-refractivity contribution is 0.0979. The quantitative estimate of drug-likeness (QED) is 0.385. The van der Waals surface area contributed by atoms with Gasteiger partial charge in [-0.1, -0.05) is 45.6 Å². The Hall–Kier alpha value is -0.250. The van der Waals surface area contributed by atoms with Gasteiger partial charge in [-0.15, -0.1) is 0 Å². The van der Waals surface area contributed by atoms with Crippen LogP contribution >= 0.6 is 39.1 Å². The average molecular weight is 354 g/mol. The van der Waals surface area contributed by atoms with Crippen LogP contribution in [0.15, 0.2) is 12.1 Å². The maximum atomic E-state index is 12.0. The van der Waals surface area contributed by atoms with Gasteiger partial charge in [-0.25, -0.2) is 0 Å². The van der Waals surface area contributed by atoms with E-state index in [2.05, 4.69) is 15.9 Å². The molecule has 0 unspecified atom stereocenters. The minimum Gasteiger partial charge on any atom is -0.495 e. The molecule has 2 nitrogen and oxygen atoms in total. The molecule has 1 rings (SSSR count). The molecule has 0 radical (unpaired) electrons. The Morgan fingerprint density at radius 1 is 1.22 bits per heavy atom. The number of hydrogen-bond donors (Lipinski definition) is 0. The number of carbonyl (C=O) groups excluding carboxylic acids is 1. The molecular formula is C13H15BrCl2O2. The smallest absolute Gasteiger partial charge is 0.164 e. The summed E-state index contributed by atoms with van der Waals surface area (Å²) in [5.74, 6) is 0.511. The van der Waals surface area contributed by atoms with Gasteiger partial charge in [0.25, 0.3) is 0 Å². The number of ketones is 1. The van der Waals surface area contributed by atoms with E-state index in [4.69, 9.17) is 27.9 Å². The Bertz CT molecular complexity index is 422. The summed E-state index contributed by atoms with van der Waals surface area (Å²) >= 11 is 15.4. The van der Waals surface area contributed by atoms with Crippen LogP contribution in [0.25, 0.3) is 0 Å². The molecule has 0 aromatic heterocycles. The topological polar surface area (TPSA) is 26.3 Å². The zero-order valence-electron chi connectivity index (χ0n) is 10.1. The molecule has 0 atom stereocenters. The van der Waals surface area contributed by atoms with E-state index in [0.29, 0.717) is 22.8 Å². The molecule has 0 aliphatic rings. The first-order valence-electron chi connectivity index (χ1n) is 5.73. The van der Waals surface area contributed by atoms with Crippen LogP contribution in [0.5, 0.6) is 5.75 Å². The second kappa shape index (κ2) is 8.03. The predicted molar refractivity (Wildman–Crippen MR) is 79.6 cm³/mol. The van der Waals surface area contributed by atoms with Gasteiger partial charge >= 0.3 is 0 Å². The van der Waals surface area contributed by atoms with Gasteiger partial charge < -0.3 is 4.74 Å². The third-order valence-corrected chi connectivity index (χ3v) is 4.03. The fourth-order valence-electron chi connectivity index (χ4n) is 1.60. The van der Waals surface area contributed by atoms with Crippen molar-refractivity contribution in [3.8, 4) is 5.75 Å². The SMILES string of the molecule is COc1ccc(C(=O)CCCCCBr)c(Cl)c1Cl. The van der Waals surface area contributed by atoms with Crippen LogP contribution in [-0.4, -0.2) is 18.2 Å². The Morgan fingerprint density at radius 2 is 1.94 bits per heavy atom. The molecule has 0 N–H and O–H groups in total. The summed E-state index contributed by atoms with van der Waals surface area (Å²) in [5.41, 5.74) is 0.473. The molecule has 18 heavy (non-hydrogen) atoms. The maximum absolute atomic E-state index is 12.0. The summed E-state index contributed by atoms with van der Waals surface area (Å²) in [6.45, 7) is 0. The van der Waals surface area contributed by atoms with Crippen LogP contribution in [0.1, 0.15) is 36.0 Å². The van der Waals surface area contributed by atoms with E-state index in [0.717, 1.165) is 24.6 Å². The number of unbranched alkanes of at least 4 members (excludes halogenated alkanes) is 2. The standard InChI is InChI=1S/C13H15BrCl2O2/c1-18-11-7-6-9(12(15)13(11)16)10(17)5-3-2-4-8-14/h6-7H,2-5,8H2,1H3. The predicted octanol–water partition coefficient (Wildman–Crippen LogP) is 5.14. The Kier molecular flexibility index (Phi) is 7.05. The lowest BCUT2D eigenvalue weighted by Crippen LogP contribution is -2.01. The zero-order valence-corrected chi connectivity index (χ0v) is 13.2. The van der Waals surface area contributed by atoms with Crippen LogP contribution in [0, 0.1) is 0 Å². The molecule has 5 heteroatoms. The number of benzene rings is 1. The molecule has 1 aromatic rings. The van der Waals surface area contributed by atoms with Crippen molar-refractivity contribution in [1.82, 2.24) is 0 Å². The minimum atomic E-state index is 0.0270. The molecule has 0 saturated carbocycles. The second-order valence-corrected chi connectivity index (χ2v) is 5.42. The number of rotatable bonds is 7. The summed E-state index contributed by atoms with van der Waals surface area (Å²) in [7, 11) is 1.51. The third-order valence-electron chi connectivity index (χ3n) is 2.60. The van der Waals surface area contributed by atoms with Gasteiger partial charge in [-0.3, -0.25) is 4.79 Å². The number of methoxy groups -OCH3 is 1. The van der Waals surface area contributed by atoms with Gasteiger partial charge in [0.2, 0.25) is 0 Å². The van der Waals surface area contributed by atoms with E-state index in [1.165, 1.54) is 7.11 Å². The van der Waals surface area contributed by atoms with E-state index >= 15 is 0 Å². The lowest BCUT2D eigenvalue weighted by atomic mass is 10.0. The molecule has 0 amide bonds. The Balaban J connectivity index is 2.71. The van der Waals surface area contributed by atoms with Crippen molar-refractivity contribution in [1.29, 1.82) is 0 Å². The van der Waals surface area contributed by atoms with Crippen molar-refractivity contribution < 1.29 is 9.53 Å². The molecule has 0 bridgehead atoms. The van der Waals surface area contributed by atoms with Gasteiger partial charge in [-0.2, -0.15) is 0 Å². The van der Waals surface area contributed by atoms with Gasteiger partial charge in [0.15, 0.2) is 5.78 Å². The van der Waals surface area contributed by atoms with Gasteiger partial charge in [0, 0.05) is 17.3 Å². The molecule has 0 heterocycles. The van der Waals surface area contributed by atoms with Crippen LogP contribution in [-0.2, 0) is 0 Å². The number of halogens is 3. The Morgan fingerprint density at radius 3 is 2.56 bits per heavy atom. The van der Waals surface area contributed by atoms with Crippen molar-refractivity contribution in [2.75, 3.05) is 12.4 Å². The van der Waals surface area contributed by atoms with Crippen LogP contribution < -0.4 is 4.74 Å².